The predicted octanol–water partition coefficient (Wildman–Crippen LogP) is 1.18. The Morgan fingerprint density at radius 2 is 2.31 bits per heavy atom. The van der Waals surface area contributed by atoms with E-state index in [1.165, 1.54) is 12.4 Å². The SMILES string of the molecule is Nc1ccc(NCCc2ncn[nH]2)c(F)c1. The van der Waals surface area contributed by atoms with Crippen molar-refractivity contribution in [1.82, 2.24) is 15.2 Å². The first kappa shape index (κ1) is 10.4. The molecule has 0 aliphatic heterocycles. The normalized spacial score (nSPS) is 10.3. The van der Waals surface area contributed by atoms with Crippen LogP contribution in [0.25, 0.3) is 0 Å². The van der Waals surface area contributed by atoms with Crippen molar-refractivity contribution < 1.29 is 4.39 Å². The zero-order chi connectivity index (χ0) is 11.4. The van der Waals surface area contributed by atoms with Crippen molar-refractivity contribution in [3.8, 4) is 0 Å². The largest absolute Gasteiger partial charge is 0.399 e. The highest BCUT2D eigenvalue weighted by atomic mass is 19.1. The van der Waals surface area contributed by atoms with Gasteiger partial charge in [0.2, 0.25) is 0 Å². The van der Waals surface area contributed by atoms with Gasteiger partial charge in [-0.3, -0.25) is 5.10 Å². The van der Waals surface area contributed by atoms with E-state index in [0.29, 0.717) is 24.3 Å². The fourth-order valence-electron chi connectivity index (χ4n) is 1.34. The number of rotatable bonds is 4. The Morgan fingerprint density at radius 3 is 3.00 bits per heavy atom. The molecule has 0 spiro atoms. The minimum Gasteiger partial charge on any atom is -0.399 e. The Labute approximate surface area is 91.9 Å². The lowest BCUT2D eigenvalue weighted by atomic mass is 10.2. The summed E-state index contributed by atoms with van der Waals surface area (Å²) in [5, 5.41) is 9.41. The number of benzene rings is 1. The van der Waals surface area contributed by atoms with Gasteiger partial charge in [0.25, 0.3) is 0 Å². The summed E-state index contributed by atoms with van der Waals surface area (Å²) in [6, 6.07) is 4.56. The molecule has 6 heteroatoms. The van der Waals surface area contributed by atoms with Gasteiger partial charge in [-0.1, -0.05) is 0 Å². The molecule has 0 bridgehead atoms. The molecule has 5 nitrogen and oxygen atoms in total. The lowest BCUT2D eigenvalue weighted by Gasteiger charge is -2.06. The monoisotopic (exact) mass is 221 g/mol. The van der Waals surface area contributed by atoms with E-state index in [-0.39, 0.29) is 5.82 Å². The first-order valence-electron chi connectivity index (χ1n) is 4.89. The molecule has 2 aromatic rings. The highest BCUT2D eigenvalue weighted by Crippen LogP contribution is 2.16. The van der Waals surface area contributed by atoms with Crippen LogP contribution >= 0.6 is 0 Å². The summed E-state index contributed by atoms with van der Waals surface area (Å²) in [7, 11) is 0. The van der Waals surface area contributed by atoms with E-state index < -0.39 is 0 Å². The number of anilines is 2. The first-order chi connectivity index (χ1) is 7.75. The van der Waals surface area contributed by atoms with Crippen molar-refractivity contribution in [1.29, 1.82) is 0 Å². The Morgan fingerprint density at radius 1 is 1.44 bits per heavy atom. The van der Waals surface area contributed by atoms with Gasteiger partial charge in [0.1, 0.15) is 18.0 Å². The Balaban J connectivity index is 1.90. The highest BCUT2D eigenvalue weighted by Gasteiger charge is 2.02. The van der Waals surface area contributed by atoms with Crippen molar-refractivity contribution in [2.45, 2.75) is 6.42 Å². The fourth-order valence-corrected chi connectivity index (χ4v) is 1.34. The van der Waals surface area contributed by atoms with E-state index in [1.54, 1.807) is 12.1 Å². The van der Waals surface area contributed by atoms with Gasteiger partial charge in [-0.2, -0.15) is 5.10 Å². The van der Waals surface area contributed by atoms with Crippen molar-refractivity contribution in [3.63, 3.8) is 0 Å². The zero-order valence-electron chi connectivity index (χ0n) is 8.57. The summed E-state index contributed by atoms with van der Waals surface area (Å²) in [6.45, 7) is 0.579. The lowest BCUT2D eigenvalue weighted by Crippen LogP contribution is -2.07. The average Bonchev–Trinajstić information content (AvgIpc) is 2.74. The molecule has 0 amide bonds. The molecule has 0 aliphatic rings. The first-order valence-corrected chi connectivity index (χ1v) is 4.89. The molecule has 0 fully saturated rings. The Bertz CT molecular complexity index is 454. The number of nitrogens with zero attached hydrogens (tertiary/aromatic N) is 2. The van der Waals surface area contributed by atoms with Crippen LogP contribution in [0.4, 0.5) is 15.8 Å². The molecular weight excluding hydrogens is 209 g/mol. The van der Waals surface area contributed by atoms with Gasteiger partial charge in [0.05, 0.1) is 5.69 Å². The molecule has 1 aromatic heterocycles. The standard InChI is InChI=1S/C10H12FN5/c11-8-5-7(12)1-2-9(8)13-4-3-10-14-6-15-16-10/h1-2,5-6,13H,3-4,12H2,(H,14,15,16). The molecule has 0 unspecified atom stereocenters. The number of aromatic nitrogens is 3. The van der Waals surface area contributed by atoms with E-state index in [1.807, 2.05) is 0 Å². The second-order valence-corrected chi connectivity index (χ2v) is 3.35. The summed E-state index contributed by atoms with van der Waals surface area (Å²) in [5.41, 5.74) is 6.30. The molecule has 1 aromatic carbocycles. The predicted molar refractivity (Wildman–Crippen MR) is 59.4 cm³/mol. The summed E-state index contributed by atoms with van der Waals surface area (Å²) >= 11 is 0. The van der Waals surface area contributed by atoms with Gasteiger partial charge >= 0.3 is 0 Å². The molecule has 2 rings (SSSR count). The number of hydrogen-bond acceptors (Lipinski definition) is 4. The van der Waals surface area contributed by atoms with E-state index in [4.69, 9.17) is 5.73 Å². The maximum atomic E-state index is 13.3. The smallest absolute Gasteiger partial charge is 0.148 e. The number of hydrogen-bond donors (Lipinski definition) is 3. The number of H-pyrrole nitrogens is 1. The zero-order valence-corrected chi connectivity index (χ0v) is 8.57. The topological polar surface area (TPSA) is 79.6 Å². The van der Waals surface area contributed by atoms with Crippen LogP contribution in [-0.4, -0.2) is 21.7 Å². The summed E-state index contributed by atoms with van der Waals surface area (Å²) in [4.78, 5) is 3.96. The third-order valence-electron chi connectivity index (χ3n) is 2.14. The number of nitrogen functional groups attached to an aromatic ring is 1. The van der Waals surface area contributed by atoms with Gasteiger partial charge in [0.15, 0.2) is 0 Å². The van der Waals surface area contributed by atoms with Crippen molar-refractivity contribution in [2.24, 2.45) is 0 Å². The second kappa shape index (κ2) is 4.61. The molecule has 0 aliphatic carbocycles. The van der Waals surface area contributed by atoms with Crippen LogP contribution < -0.4 is 11.1 Å². The fraction of sp³-hybridized carbons (Fsp3) is 0.200. The number of halogens is 1. The van der Waals surface area contributed by atoms with Crippen molar-refractivity contribution in [2.75, 3.05) is 17.6 Å². The molecule has 4 N–H and O–H groups in total. The molecule has 0 radical (unpaired) electrons. The summed E-state index contributed by atoms with van der Waals surface area (Å²) < 4.78 is 13.3. The lowest BCUT2D eigenvalue weighted by molar-refractivity contribution is 0.630. The van der Waals surface area contributed by atoms with Gasteiger partial charge in [0, 0.05) is 18.7 Å². The molecule has 0 atom stereocenters. The number of aromatic amines is 1. The molecule has 1 heterocycles. The van der Waals surface area contributed by atoms with Gasteiger partial charge < -0.3 is 11.1 Å². The van der Waals surface area contributed by atoms with Crippen molar-refractivity contribution >= 4 is 11.4 Å². The second-order valence-electron chi connectivity index (χ2n) is 3.35. The minimum absolute atomic E-state index is 0.349. The van der Waals surface area contributed by atoms with Crippen LogP contribution in [0.15, 0.2) is 24.5 Å². The maximum absolute atomic E-state index is 13.3. The van der Waals surface area contributed by atoms with E-state index in [2.05, 4.69) is 20.5 Å². The van der Waals surface area contributed by atoms with Crippen LogP contribution in [0.1, 0.15) is 5.82 Å². The third-order valence-corrected chi connectivity index (χ3v) is 2.14. The molecule has 0 saturated heterocycles. The van der Waals surface area contributed by atoms with E-state index >= 15 is 0 Å². The Hall–Kier alpha value is -2.11. The van der Waals surface area contributed by atoms with Crippen LogP contribution in [-0.2, 0) is 6.42 Å². The summed E-state index contributed by atoms with van der Waals surface area (Å²) in [5.74, 6) is 0.418. The maximum Gasteiger partial charge on any atom is 0.148 e. The quantitative estimate of drug-likeness (QED) is 0.677. The molecule has 84 valence electrons. The summed E-state index contributed by atoms with van der Waals surface area (Å²) in [6.07, 6.45) is 2.10. The number of nitrogens with two attached hydrogens (primary N) is 1. The average molecular weight is 221 g/mol. The van der Waals surface area contributed by atoms with Crippen molar-refractivity contribution in [3.05, 3.63) is 36.2 Å². The van der Waals surface area contributed by atoms with Crippen LogP contribution in [0.5, 0.6) is 0 Å². The van der Waals surface area contributed by atoms with Crippen LogP contribution in [0.2, 0.25) is 0 Å². The van der Waals surface area contributed by atoms with Crippen LogP contribution in [0.3, 0.4) is 0 Å². The molecule has 16 heavy (non-hydrogen) atoms. The van der Waals surface area contributed by atoms with E-state index in [9.17, 15) is 4.39 Å². The van der Waals surface area contributed by atoms with Gasteiger partial charge in [-0.15, -0.1) is 0 Å². The minimum atomic E-state index is -0.349. The molecule has 0 saturated carbocycles. The van der Waals surface area contributed by atoms with Crippen LogP contribution in [0, 0.1) is 5.82 Å². The molecular formula is C10H12FN5. The van der Waals surface area contributed by atoms with Gasteiger partial charge in [-0.25, -0.2) is 9.37 Å². The third kappa shape index (κ3) is 2.47. The van der Waals surface area contributed by atoms with E-state index in [0.717, 1.165) is 5.82 Å². The number of nitrogens with one attached hydrogen (secondary N) is 2. The van der Waals surface area contributed by atoms with Gasteiger partial charge in [-0.05, 0) is 18.2 Å². The highest BCUT2D eigenvalue weighted by molar-refractivity contribution is 5.52. The Kier molecular flexibility index (Phi) is 3.00.